The van der Waals surface area contributed by atoms with Crippen LogP contribution in [0.1, 0.15) is 26.3 Å². The van der Waals surface area contributed by atoms with E-state index >= 15 is 0 Å². The van der Waals surface area contributed by atoms with Gasteiger partial charge < -0.3 is 0 Å². The fourth-order valence-corrected chi connectivity index (χ4v) is 3.89. The Bertz CT molecular complexity index is 718. The van der Waals surface area contributed by atoms with Gasteiger partial charge in [-0.25, -0.2) is 0 Å². The summed E-state index contributed by atoms with van der Waals surface area (Å²) in [7, 11) is 0. The average Bonchev–Trinajstić information content (AvgIpc) is 2.97. The van der Waals surface area contributed by atoms with Crippen LogP contribution in [-0.2, 0) is 5.41 Å². The molecule has 0 atom stereocenters. The van der Waals surface area contributed by atoms with Gasteiger partial charge in [0, 0.05) is 0 Å². The molecule has 3 rings (SSSR count). The van der Waals surface area contributed by atoms with Crippen molar-refractivity contribution in [3.8, 4) is 21.3 Å². The molecule has 21 heavy (non-hydrogen) atoms. The molecule has 1 nitrogen and oxygen atoms in total. The summed E-state index contributed by atoms with van der Waals surface area (Å²) in [5.74, 6) is 0. The fraction of sp³-hybridized carbons (Fsp3) is 0.211. The summed E-state index contributed by atoms with van der Waals surface area (Å²) in [6, 6.07) is 21.6. The summed E-state index contributed by atoms with van der Waals surface area (Å²) in [6.45, 7) is 6.74. The molecule has 106 valence electrons. The number of rotatable bonds is 2. The van der Waals surface area contributed by atoms with Gasteiger partial charge in [-0.05, 0) is 0 Å². The third-order valence-electron chi connectivity index (χ3n) is 3.62. The third kappa shape index (κ3) is 3.18. The molecule has 0 spiro atoms. The van der Waals surface area contributed by atoms with E-state index in [-0.39, 0.29) is 20.1 Å². The van der Waals surface area contributed by atoms with Crippen LogP contribution >= 0.6 is 0 Å². The molecule has 1 heterocycles. The molecule has 0 aliphatic heterocycles. The fourth-order valence-electron chi connectivity index (χ4n) is 2.29. The van der Waals surface area contributed by atoms with Crippen LogP contribution < -0.4 is 0 Å². The number of aromatic nitrogens is 1. The first-order chi connectivity index (χ1) is 10.0. The van der Waals surface area contributed by atoms with Crippen molar-refractivity contribution in [3.63, 3.8) is 0 Å². The van der Waals surface area contributed by atoms with Gasteiger partial charge in [0.25, 0.3) is 0 Å². The molecular formula is C19H19NSe. The van der Waals surface area contributed by atoms with Crippen LogP contribution in [0.3, 0.4) is 0 Å². The van der Waals surface area contributed by atoms with Crippen molar-refractivity contribution < 1.29 is 0 Å². The molecule has 2 aromatic carbocycles. The van der Waals surface area contributed by atoms with Gasteiger partial charge in [-0.15, -0.1) is 0 Å². The van der Waals surface area contributed by atoms with E-state index in [9.17, 15) is 0 Å². The Balaban J connectivity index is 1.90. The van der Waals surface area contributed by atoms with E-state index in [4.69, 9.17) is 3.98 Å². The minimum absolute atomic E-state index is 0.189. The quantitative estimate of drug-likeness (QED) is 0.613. The second-order valence-corrected chi connectivity index (χ2v) is 7.96. The predicted molar refractivity (Wildman–Crippen MR) is 90.7 cm³/mol. The van der Waals surface area contributed by atoms with Crippen LogP contribution in [0.5, 0.6) is 0 Å². The second-order valence-electron chi connectivity index (χ2n) is 6.27. The third-order valence-corrected chi connectivity index (χ3v) is 5.37. The van der Waals surface area contributed by atoms with Gasteiger partial charge >= 0.3 is 132 Å². The Morgan fingerprint density at radius 3 is 2.10 bits per heavy atom. The first-order valence-corrected chi connectivity index (χ1v) is 8.79. The van der Waals surface area contributed by atoms with Crippen molar-refractivity contribution in [1.82, 2.24) is 3.98 Å². The summed E-state index contributed by atoms with van der Waals surface area (Å²) >= 11 is 0.189. The maximum atomic E-state index is 4.72. The summed E-state index contributed by atoms with van der Waals surface area (Å²) < 4.78 is 6.08. The number of benzene rings is 2. The van der Waals surface area contributed by atoms with Crippen molar-refractivity contribution in [1.29, 1.82) is 0 Å². The zero-order valence-corrected chi connectivity index (χ0v) is 14.3. The zero-order chi connectivity index (χ0) is 14.9. The first kappa shape index (κ1) is 14.3. The first-order valence-electron chi connectivity index (χ1n) is 7.17. The van der Waals surface area contributed by atoms with Gasteiger partial charge in [0.05, 0.1) is 0 Å². The Labute approximate surface area is 132 Å². The van der Waals surface area contributed by atoms with Crippen LogP contribution in [-0.4, -0.2) is 18.7 Å². The van der Waals surface area contributed by atoms with Crippen molar-refractivity contribution >= 4 is 14.7 Å². The Morgan fingerprint density at radius 1 is 0.810 bits per heavy atom. The second kappa shape index (κ2) is 5.63. The van der Waals surface area contributed by atoms with E-state index in [0.717, 1.165) is 5.69 Å². The van der Waals surface area contributed by atoms with Crippen molar-refractivity contribution in [2.45, 2.75) is 26.2 Å². The predicted octanol–water partition coefficient (Wildman–Crippen LogP) is 4.77. The van der Waals surface area contributed by atoms with Gasteiger partial charge in [0.15, 0.2) is 0 Å². The van der Waals surface area contributed by atoms with Gasteiger partial charge in [-0.3, -0.25) is 0 Å². The Morgan fingerprint density at radius 2 is 1.48 bits per heavy atom. The summed E-state index contributed by atoms with van der Waals surface area (Å²) in [5, 5.41) is 0. The Kier molecular flexibility index (Phi) is 3.84. The van der Waals surface area contributed by atoms with Gasteiger partial charge in [-0.1, -0.05) is 0 Å². The standard InChI is InChI=1S/C19H19NSe/c1-19(2,3)16-11-9-15(10-12-16)18-13-17(20-21-18)14-7-5-4-6-8-14/h4-13H,1-3H3. The topological polar surface area (TPSA) is 12.9 Å². The molecule has 0 radical (unpaired) electrons. The number of hydrogen-bond donors (Lipinski definition) is 0. The molecule has 3 aromatic rings. The molecule has 1 aromatic heterocycles. The summed E-state index contributed by atoms with van der Waals surface area (Å²) in [5.41, 5.74) is 5.21. The molecule has 0 amide bonds. The van der Waals surface area contributed by atoms with Gasteiger partial charge in [0.1, 0.15) is 0 Å². The molecule has 2 heteroatoms. The van der Waals surface area contributed by atoms with Crippen LogP contribution in [0.25, 0.3) is 21.3 Å². The Hall–Kier alpha value is -1.63. The normalized spacial score (nSPS) is 11.6. The molecule has 0 bridgehead atoms. The van der Waals surface area contributed by atoms with E-state index in [2.05, 4.69) is 75.4 Å². The van der Waals surface area contributed by atoms with E-state index in [1.807, 2.05) is 6.07 Å². The van der Waals surface area contributed by atoms with Crippen LogP contribution in [0.15, 0.2) is 60.7 Å². The monoisotopic (exact) mass is 341 g/mol. The number of nitrogens with zero attached hydrogens (tertiary/aromatic N) is 1. The molecule has 0 saturated carbocycles. The van der Waals surface area contributed by atoms with Gasteiger partial charge in [-0.2, -0.15) is 0 Å². The van der Waals surface area contributed by atoms with E-state index < -0.39 is 0 Å². The van der Waals surface area contributed by atoms with Crippen molar-refractivity contribution in [2.24, 2.45) is 0 Å². The van der Waals surface area contributed by atoms with E-state index in [0.29, 0.717) is 0 Å². The van der Waals surface area contributed by atoms with E-state index in [1.54, 1.807) is 0 Å². The summed E-state index contributed by atoms with van der Waals surface area (Å²) in [6.07, 6.45) is 0. The van der Waals surface area contributed by atoms with Crippen LogP contribution in [0, 0.1) is 0 Å². The molecule has 0 unspecified atom stereocenters. The minimum atomic E-state index is 0.189. The van der Waals surface area contributed by atoms with Crippen LogP contribution in [0.4, 0.5) is 0 Å². The average molecular weight is 340 g/mol. The molecule has 0 N–H and O–H groups in total. The summed E-state index contributed by atoms with van der Waals surface area (Å²) in [4.78, 5) is 0. The van der Waals surface area contributed by atoms with Gasteiger partial charge in [0.2, 0.25) is 0 Å². The maximum absolute atomic E-state index is 4.72. The SMILES string of the molecule is CC(C)(C)c1ccc(-c2cc(-c3ccccc3)n[se]2)cc1. The molecule has 0 saturated heterocycles. The van der Waals surface area contributed by atoms with Crippen LogP contribution in [0.2, 0.25) is 0 Å². The van der Waals surface area contributed by atoms with Crippen molar-refractivity contribution in [3.05, 3.63) is 66.2 Å². The molecule has 0 aliphatic carbocycles. The zero-order valence-electron chi connectivity index (χ0n) is 12.6. The number of hydrogen-bond acceptors (Lipinski definition) is 1. The molecule has 0 aliphatic rings. The molecular weight excluding hydrogens is 321 g/mol. The van der Waals surface area contributed by atoms with E-state index in [1.165, 1.54) is 21.1 Å². The molecule has 0 fully saturated rings. The van der Waals surface area contributed by atoms with Crippen molar-refractivity contribution in [2.75, 3.05) is 0 Å².